The molecule has 0 radical (unpaired) electrons. The van der Waals surface area contributed by atoms with E-state index < -0.39 is 22.9 Å². The number of carbonyl (C=O) groups is 1. The molecule has 1 aromatic carbocycles. The molecule has 1 N–H and O–H groups in total. The molecule has 3 aromatic rings. The average molecular weight is 474 g/mol. The predicted octanol–water partition coefficient (Wildman–Crippen LogP) is 2.15. The first-order chi connectivity index (χ1) is 13.2. The van der Waals surface area contributed by atoms with Crippen molar-refractivity contribution >= 4 is 50.5 Å². The summed E-state index contributed by atoms with van der Waals surface area (Å²) in [6, 6.07) is 5.97. The maximum Gasteiger partial charge on any atom is 0.332 e. The largest absolute Gasteiger partial charge is 0.332 e. The number of amides is 1. The Morgan fingerprint density at radius 1 is 1.21 bits per heavy atom. The second-order valence-corrected chi connectivity index (χ2v) is 7.57. The van der Waals surface area contributed by atoms with Crippen molar-refractivity contribution in [1.29, 1.82) is 0 Å². The molecule has 0 spiro atoms. The van der Waals surface area contributed by atoms with Gasteiger partial charge in [0, 0.05) is 24.7 Å². The number of aryl methyl sites for hydroxylation is 1. The third-order valence-electron chi connectivity index (χ3n) is 3.96. The molecule has 0 aliphatic heterocycles. The minimum absolute atomic E-state index is 0.0534. The van der Waals surface area contributed by atoms with Gasteiger partial charge in [0.05, 0.1) is 0 Å². The zero-order valence-electron chi connectivity index (χ0n) is 14.6. The number of halogens is 3. The minimum Gasteiger partial charge on any atom is -0.325 e. The number of imidazole rings is 1. The van der Waals surface area contributed by atoms with Gasteiger partial charge in [-0.1, -0.05) is 11.8 Å². The lowest BCUT2D eigenvalue weighted by Gasteiger charge is -2.10. The molecule has 1 amide bonds. The lowest BCUT2D eigenvalue weighted by atomic mass is 10.3. The van der Waals surface area contributed by atoms with Crippen molar-refractivity contribution in [2.24, 2.45) is 14.1 Å². The third-order valence-corrected chi connectivity index (χ3v) is 5.29. The maximum absolute atomic E-state index is 12.4. The van der Waals surface area contributed by atoms with Gasteiger partial charge in [-0.15, -0.1) is 0 Å². The Morgan fingerprint density at radius 3 is 2.46 bits per heavy atom. The zero-order chi connectivity index (χ0) is 20.6. The van der Waals surface area contributed by atoms with Crippen LogP contribution in [0.2, 0.25) is 0 Å². The Balaban J connectivity index is 1.87. The zero-order valence-corrected chi connectivity index (χ0v) is 17.1. The Hall–Kier alpha value is -2.47. The van der Waals surface area contributed by atoms with Gasteiger partial charge in [0.25, 0.3) is 11.3 Å². The van der Waals surface area contributed by atoms with Crippen LogP contribution in [-0.4, -0.2) is 30.3 Å². The first-order valence-electron chi connectivity index (χ1n) is 7.85. The molecule has 0 saturated carbocycles. The van der Waals surface area contributed by atoms with E-state index in [1.54, 1.807) is 0 Å². The molecule has 0 unspecified atom stereocenters. The summed E-state index contributed by atoms with van der Waals surface area (Å²) in [4.78, 5) is 41.3. The summed E-state index contributed by atoms with van der Waals surface area (Å²) in [5.74, 6) is -2.96. The summed E-state index contributed by atoms with van der Waals surface area (Å²) in [5, 5.41) is 2.64. The standard InChI is InChI=1S/C16H14BrF2N5O3S/c1-22-12-11(13(26)23(2)16(22)27)21-14(17)24(12)7-10(25)20-8-3-5-9(6-4-8)28-15(18)19/h3-6,15H,7H2,1-2H3,(H,20,25). The van der Waals surface area contributed by atoms with Gasteiger partial charge in [-0.05, 0) is 40.2 Å². The average Bonchev–Trinajstić information content (AvgIpc) is 2.96. The highest BCUT2D eigenvalue weighted by Crippen LogP contribution is 2.26. The van der Waals surface area contributed by atoms with Crippen molar-refractivity contribution in [3.05, 3.63) is 49.8 Å². The summed E-state index contributed by atoms with van der Waals surface area (Å²) >= 11 is 3.62. The molecule has 0 bridgehead atoms. The number of thioether (sulfide) groups is 1. The lowest BCUT2D eigenvalue weighted by Crippen LogP contribution is -2.37. The highest BCUT2D eigenvalue weighted by molar-refractivity contribution is 9.10. The number of anilines is 1. The first-order valence-corrected chi connectivity index (χ1v) is 9.52. The molecule has 2 heterocycles. The highest BCUT2D eigenvalue weighted by Gasteiger charge is 2.19. The van der Waals surface area contributed by atoms with E-state index in [2.05, 4.69) is 26.2 Å². The summed E-state index contributed by atoms with van der Waals surface area (Å²) < 4.78 is 28.5. The highest BCUT2D eigenvalue weighted by atomic mass is 79.9. The normalized spacial score (nSPS) is 11.4. The van der Waals surface area contributed by atoms with Crippen LogP contribution in [0.4, 0.5) is 14.5 Å². The predicted molar refractivity (Wildman–Crippen MR) is 105 cm³/mol. The molecule has 0 saturated heterocycles. The number of benzene rings is 1. The first kappa shape index (κ1) is 20.3. The van der Waals surface area contributed by atoms with Crippen LogP contribution in [0.3, 0.4) is 0 Å². The van der Waals surface area contributed by atoms with Gasteiger partial charge in [0.1, 0.15) is 6.54 Å². The quantitative estimate of drug-likeness (QED) is 0.452. The number of carbonyl (C=O) groups excluding carboxylic acids is 1. The molecule has 0 aliphatic rings. The van der Waals surface area contributed by atoms with Crippen molar-refractivity contribution < 1.29 is 13.6 Å². The second-order valence-electron chi connectivity index (χ2n) is 5.80. The fraction of sp³-hybridized carbons (Fsp3) is 0.250. The molecule has 3 rings (SSSR count). The molecule has 12 heteroatoms. The van der Waals surface area contributed by atoms with Gasteiger partial charge in [-0.2, -0.15) is 8.78 Å². The Bertz CT molecular complexity index is 1170. The molecule has 148 valence electrons. The summed E-state index contributed by atoms with van der Waals surface area (Å²) in [6.45, 7) is -0.217. The summed E-state index contributed by atoms with van der Waals surface area (Å²) in [5.41, 5.74) is -0.422. The van der Waals surface area contributed by atoms with Gasteiger partial charge in [-0.25, -0.2) is 9.78 Å². The number of hydrogen-bond donors (Lipinski definition) is 1. The number of fused-ring (bicyclic) bond motifs is 1. The molecular weight excluding hydrogens is 460 g/mol. The Kier molecular flexibility index (Phi) is 5.70. The molecule has 28 heavy (non-hydrogen) atoms. The molecule has 8 nitrogen and oxygen atoms in total. The summed E-state index contributed by atoms with van der Waals surface area (Å²) in [7, 11) is 2.83. The van der Waals surface area contributed by atoms with Gasteiger partial charge < -0.3 is 5.32 Å². The lowest BCUT2D eigenvalue weighted by molar-refractivity contribution is -0.116. The van der Waals surface area contributed by atoms with Crippen molar-refractivity contribution in [3.8, 4) is 0 Å². The van der Waals surface area contributed by atoms with E-state index in [1.807, 2.05) is 0 Å². The molecule has 0 aliphatic carbocycles. The van der Waals surface area contributed by atoms with Crippen LogP contribution in [-0.2, 0) is 25.4 Å². The van der Waals surface area contributed by atoms with Gasteiger partial charge >= 0.3 is 5.69 Å². The van der Waals surface area contributed by atoms with E-state index in [1.165, 1.54) is 47.5 Å². The van der Waals surface area contributed by atoms with E-state index in [9.17, 15) is 23.2 Å². The smallest absolute Gasteiger partial charge is 0.325 e. The fourth-order valence-electron chi connectivity index (χ4n) is 2.67. The second kappa shape index (κ2) is 7.87. The number of nitrogens with zero attached hydrogens (tertiary/aromatic N) is 4. The topological polar surface area (TPSA) is 90.9 Å². The minimum atomic E-state index is -2.52. The van der Waals surface area contributed by atoms with Gasteiger partial charge in [0.15, 0.2) is 15.9 Å². The number of rotatable bonds is 5. The van der Waals surface area contributed by atoms with Crippen LogP contribution in [0.25, 0.3) is 11.2 Å². The van der Waals surface area contributed by atoms with E-state index in [0.29, 0.717) is 22.3 Å². The number of alkyl halides is 2. The third kappa shape index (κ3) is 3.87. The van der Waals surface area contributed by atoms with E-state index in [0.717, 1.165) is 4.57 Å². The molecule has 2 aromatic heterocycles. The van der Waals surface area contributed by atoms with Crippen LogP contribution in [0.1, 0.15) is 0 Å². The molecule has 0 fully saturated rings. The van der Waals surface area contributed by atoms with Crippen LogP contribution in [0.5, 0.6) is 0 Å². The molecular formula is C16H14BrF2N5O3S. The molecule has 0 atom stereocenters. The van der Waals surface area contributed by atoms with Crippen molar-refractivity contribution in [2.75, 3.05) is 5.32 Å². The fourth-order valence-corrected chi connectivity index (χ4v) is 3.64. The Morgan fingerprint density at radius 2 is 1.86 bits per heavy atom. The number of aromatic nitrogens is 4. The van der Waals surface area contributed by atoms with Crippen LogP contribution >= 0.6 is 27.7 Å². The van der Waals surface area contributed by atoms with Crippen LogP contribution in [0, 0.1) is 0 Å². The SMILES string of the molecule is Cn1c(=O)c2nc(Br)n(CC(=O)Nc3ccc(SC(F)F)cc3)c2n(C)c1=O. The van der Waals surface area contributed by atoms with Crippen molar-refractivity contribution in [2.45, 2.75) is 17.2 Å². The Labute approximate surface area is 169 Å². The van der Waals surface area contributed by atoms with Gasteiger partial charge in [0.2, 0.25) is 5.91 Å². The summed E-state index contributed by atoms with van der Waals surface area (Å²) in [6.07, 6.45) is 0. The van der Waals surface area contributed by atoms with Crippen LogP contribution in [0.15, 0.2) is 43.5 Å². The van der Waals surface area contributed by atoms with Gasteiger partial charge in [-0.3, -0.25) is 23.3 Å². The van der Waals surface area contributed by atoms with Crippen LogP contribution < -0.4 is 16.6 Å². The maximum atomic E-state index is 12.4. The van der Waals surface area contributed by atoms with E-state index in [-0.39, 0.29) is 22.4 Å². The van der Waals surface area contributed by atoms with E-state index in [4.69, 9.17) is 0 Å². The number of nitrogens with one attached hydrogen (secondary N) is 1. The number of hydrogen-bond acceptors (Lipinski definition) is 5. The van der Waals surface area contributed by atoms with Crippen molar-refractivity contribution in [3.63, 3.8) is 0 Å². The monoisotopic (exact) mass is 473 g/mol. The van der Waals surface area contributed by atoms with Crippen molar-refractivity contribution in [1.82, 2.24) is 18.7 Å². The van der Waals surface area contributed by atoms with E-state index >= 15 is 0 Å².